The number of aromatic nitrogens is 4. The minimum absolute atomic E-state index is 0.0686. The molecule has 0 saturated heterocycles. The molecule has 8 nitrogen and oxygen atoms in total. The molecule has 0 radical (unpaired) electrons. The third kappa shape index (κ3) is 4.38. The van der Waals surface area contributed by atoms with Gasteiger partial charge in [-0.15, -0.1) is 11.3 Å². The Labute approximate surface area is 158 Å². The van der Waals surface area contributed by atoms with E-state index >= 15 is 0 Å². The zero-order valence-electron chi connectivity index (χ0n) is 14.2. The maximum Gasteiger partial charge on any atom is 0.316 e. The number of rotatable bonds is 7. The maximum atomic E-state index is 11.9. The van der Waals surface area contributed by atoms with Crippen LogP contribution in [0.2, 0.25) is 0 Å². The van der Waals surface area contributed by atoms with Gasteiger partial charge in [-0.05, 0) is 25.3 Å². The Kier molecular flexibility index (Phi) is 5.84. The molecule has 0 spiro atoms. The third-order valence-corrected chi connectivity index (χ3v) is 5.14. The number of anilines is 1. The zero-order valence-corrected chi connectivity index (χ0v) is 15.8. The van der Waals surface area contributed by atoms with Crippen molar-refractivity contribution in [3.05, 3.63) is 30.0 Å². The lowest BCUT2D eigenvalue weighted by molar-refractivity contribution is -0.144. The van der Waals surface area contributed by atoms with Crippen LogP contribution >= 0.6 is 23.1 Å². The van der Waals surface area contributed by atoms with Gasteiger partial charge in [-0.3, -0.25) is 9.59 Å². The lowest BCUT2D eigenvalue weighted by atomic mass is 10.4. The first kappa shape index (κ1) is 18.3. The van der Waals surface area contributed by atoms with Gasteiger partial charge in [0.2, 0.25) is 0 Å². The number of ether oxygens (including phenoxy) is 1. The van der Waals surface area contributed by atoms with Crippen molar-refractivity contribution in [3.63, 3.8) is 0 Å². The van der Waals surface area contributed by atoms with Gasteiger partial charge in [-0.25, -0.2) is 14.6 Å². The van der Waals surface area contributed by atoms with E-state index in [1.807, 2.05) is 25.3 Å². The maximum absolute atomic E-state index is 11.9. The van der Waals surface area contributed by atoms with Crippen molar-refractivity contribution in [3.8, 4) is 0 Å². The summed E-state index contributed by atoms with van der Waals surface area (Å²) in [6.07, 6.45) is 3.07. The molecule has 0 aromatic carbocycles. The summed E-state index contributed by atoms with van der Waals surface area (Å²) < 4.78 is 6.70. The molecule has 10 heteroatoms. The van der Waals surface area contributed by atoms with Crippen LogP contribution in [-0.4, -0.2) is 44.0 Å². The van der Waals surface area contributed by atoms with Crippen LogP contribution in [0.3, 0.4) is 0 Å². The largest absolute Gasteiger partial charge is 0.455 e. The van der Waals surface area contributed by atoms with Gasteiger partial charge in [0.15, 0.2) is 6.61 Å². The van der Waals surface area contributed by atoms with Crippen molar-refractivity contribution in [2.24, 2.45) is 0 Å². The molecule has 0 aliphatic heterocycles. The number of esters is 1. The second kappa shape index (κ2) is 8.28. The molecule has 0 aliphatic rings. The first-order chi connectivity index (χ1) is 12.5. The van der Waals surface area contributed by atoms with Crippen molar-refractivity contribution in [1.82, 2.24) is 19.7 Å². The molecule has 0 fully saturated rings. The van der Waals surface area contributed by atoms with Crippen LogP contribution in [0, 0.1) is 0 Å². The monoisotopic (exact) mass is 391 g/mol. The smallest absolute Gasteiger partial charge is 0.316 e. The van der Waals surface area contributed by atoms with E-state index in [1.54, 1.807) is 16.9 Å². The molecule has 26 heavy (non-hydrogen) atoms. The minimum atomic E-state index is -0.482. The Hall–Kier alpha value is -2.46. The minimum Gasteiger partial charge on any atom is -0.455 e. The van der Waals surface area contributed by atoms with E-state index in [9.17, 15) is 9.59 Å². The summed E-state index contributed by atoms with van der Waals surface area (Å²) >= 11 is 2.78. The summed E-state index contributed by atoms with van der Waals surface area (Å²) in [5, 5.41) is 10.4. The number of nitrogens with zero attached hydrogens (tertiary/aromatic N) is 4. The number of nitrogens with one attached hydrogen (secondary N) is 1. The zero-order chi connectivity index (χ0) is 18.5. The summed E-state index contributed by atoms with van der Waals surface area (Å²) in [5.41, 5.74) is 0. The molecular weight excluding hydrogens is 374 g/mol. The molecule has 1 amide bonds. The Balaban J connectivity index is 1.47. The van der Waals surface area contributed by atoms with E-state index < -0.39 is 11.9 Å². The normalized spacial score (nSPS) is 11.0. The SMILES string of the molecule is CC(C)n1nccc1NC(=O)COC(=O)CSc1ncnc2sccc12. The first-order valence-corrected chi connectivity index (χ1v) is 9.71. The quantitative estimate of drug-likeness (QED) is 0.375. The van der Waals surface area contributed by atoms with Gasteiger partial charge in [-0.1, -0.05) is 11.8 Å². The van der Waals surface area contributed by atoms with Crippen molar-refractivity contribution in [2.45, 2.75) is 24.9 Å². The fourth-order valence-electron chi connectivity index (χ4n) is 2.20. The van der Waals surface area contributed by atoms with E-state index in [-0.39, 0.29) is 18.4 Å². The van der Waals surface area contributed by atoms with Crippen LogP contribution in [0.5, 0.6) is 0 Å². The summed E-state index contributed by atoms with van der Waals surface area (Å²) in [6, 6.07) is 3.72. The van der Waals surface area contributed by atoms with Crippen molar-refractivity contribution < 1.29 is 14.3 Å². The predicted octanol–water partition coefficient (Wildman–Crippen LogP) is 2.74. The summed E-state index contributed by atoms with van der Waals surface area (Å²) in [5.74, 6) is -0.257. The molecule has 0 atom stereocenters. The van der Waals surface area contributed by atoms with Crippen LogP contribution in [0.1, 0.15) is 19.9 Å². The highest BCUT2D eigenvalue weighted by atomic mass is 32.2. The first-order valence-electron chi connectivity index (χ1n) is 7.84. The molecule has 3 rings (SSSR count). The Morgan fingerprint density at radius 2 is 2.19 bits per heavy atom. The molecule has 3 heterocycles. The van der Waals surface area contributed by atoms with Crippen molar-refractivity contribution in [2.75, 3.05) is 17.7 Å². The standard InChI is InChI=1S/C16H17N5O3S2/c1-10(2)21-12(3-5-19-21)20-13(22)7-24-14(23)8-26-16-11-4-6-25-15(11)17-9-18-16/h3-6,9-10H,7-8H2,1-2H3,(H,20,22). The van der Waals surface area contributed by atoms with Crippen molar-refractivity contribution in [1.29, 1.82) is 0 Å². The van der Waals surface area contributed by atoms with Gasteiger partial charge < -0.3 is 10.1 Å². The molecule has 136 valence electrons. The Morgan fingerprint density at radius 3 is 3.00 bits per heavy atom. The highest BCUT2D eigenvalue weighted by Gasteiger charge is 2.13. The molecule has 3 aromatic rings. The third-order valence-electron chi connectivity index (χ3n) is 3.34. The summed E-state index contributed by atoms with van der Waals surface area (Å²) in [4.78, 5) is 33.1. The van der Waals surface area contributed by atoms with Gasteiger partial charge in [0.05, 0.1) is 11.9 Å². The second-order valence-corrected chi connectivity index (χ2v) is 7.43. The lowest BCUT2D eigenvalue weighted by Gasteiger charge is -2.11. The van der Waals surface area contributed by atoms with E-state index in [1.165, 1.54) is 29.4 Å². The van der Waals surface area contributed by atoms with E-state index in [0.29, 0.717) is 5.82 Å². The fraction of sp³-hybridized carbons (Fsp3) is 0.312. The summed E-state index contributed by atoms with van der Waals surface area (Å²) in [7, 11) is 0. The number of amides is 1. The molecule has 0 aliphatic carbocycles. The Morgan fingerprint density at radius 1 is 1.35 bits per heavy atom. The highest BCUT2D eigenvalue weighted by Crippen LogP contribution is 2.27. The average molecular weight is 391 g/mol. The van der Waals surface area contributed by atoms with Crippen LogP contribution in [0.15, 0.2) is 35.1 Å². The van der Waals surface area contributed by atoms with Crippen LogP contribution in [-0.2, 0) is 14.3 Å². The number of carbonyl (C=O) groups is 2. The highest BCUT2D eigenvalue weighted by molar-refractivity contribution is 8.00. The number of hydrogen-bond acceptors (Lipinski definition) is 8. The van der Waals surface area contributed by atoms with E-state index in [2.05, 4.69) is 20.4 Å². The van der Waals surface area contributed by atoms with Gasteiger partial charge in [0.25, 0.3) is 5.91 Å². The molecule has 3 aromatic heterocycles. The van der Waals surface area contributed by atoms with Crippen LogP contribution in [0.25, 0.3) is 10.2 Å². The van der Waals surface area contributed by atoms with Crippen LogP contribution in [0.4, 0.5) is 5.82 Å². The van der Waals surface area contributed by atoms with Gasteiger partial charge in [0.1, 0.15) is 22.0 Å². The van der Waals surface area contributed by atoms with Gasteiger partial charge in [-0.2, -0.15) is 5.10 Å². The number of hydrogen-bond donors (Lipinski definition) is 1. The Bertz CT molecular complexity index is 921. The van der Waals surface area contributed by atoms with E-state index in [4.69, 9.17) is 4.74 Å². The summed E-state index contributed by atoms with van der Waals surface area (Å²) in [6.45, 7) is 3.56. The number of fused-ring (bicyclic) bond motifs is 1. The van der Waals surface area contributed by atoms with Crippen molar-refractivity contribution >= 4 is 51.0 Å². The second-order valence-electron chi connectivity index (χ2n) is 5.57. The van der Waals surface area contributed by atoms with Gasteiger partial charge in [0, 0.05) is 17.5 Å². The molecular formula is C16H17N5O3S2. The fourth-order valence-corrected chi connectivity index (χ4v) is 3.78. The molecule has 0 saturated carbocycles. The number of thioether (sulfide) groups is 1. The average Bonchev–Trinajstić information content (AvgIpc) is 3.27. The molecule has 1 N–H and O–H groups in total. The van der Waals surface area contributed by atoms with E-state index in [0.717, 1.165) is 15.2 Å². The lowest BCUT2D eigenvalue weighted by Crippen LogP contribution is -2.23. The topological polar surface area (TPSA) is 99.0 Å². The molecule has 0 bridgehead atoms. The predicted molar refractivity (Wildman–Crippen MR) is 100 cm³/mol. The molecule has 0 unspecified atom stereocenters. The number of thiophene rings is 1. The number of carbonyl (C=O) groups excluding carboxylic acids is 2. The van der Waals surface area contributed by atoms with Crippen LogP contribution < -0.4 is 5.32 Å². The van der Waals surface area contributed by atoms with Gasteiger partial charge >= 0.3 is 5.97 Å².